The quantitative estimate of drug-likeness (QED) is 0.592. The van der Waals surface area contributed by atoms with Gasteiger partial charge in [-0.2, -0.15) is 0 Å². The molecule has 1 saturated heterocycles. The van der Waals surface area contributed by atoms with Crippen molar-refractivity contribution >= 4 is 11.8 Å². The average molecular weight is 168 g/mol. The Bertz CT molecular complexity index is 185. The monoisotopic (exact) mass is 168 g/mol. The molecule has 67 valence electrons. The molecule has 1 aliphatic heterocycles. The van der Waals surface area contributed by atoms with Crippen LogP contribution in [0.15, 0.2) is 0 Å². The summed E-state index contributed by atoms with van der Waals surface area (Å²) in [5, 5.41) is 0. The van der Waals surface area contributed by atoms with Crippen molar-refractivity contribution in [3.8, 4) is 0 Å². The molecule has 0 aromatic rings. The fourth-order valence-electron chi connectivity index (χ4n) is 1.53. The summed E-state index contributed by atoms with van der Waals surface area (Å²) < 4.78 is 0. The summed E-state index contributed by atoms with van der Waals surface area (Å²) in [4.78, 5) is 23.8. The van der Waals surface area contributed by atoms with E-state index < -0.39 is 0 Å². The van der Waals surface area contributed by atoms with Crippen molar-refractivity contribution in [2.75, 3.05) is 0 Å². The number of carbonyl (C=O) groups excluding carboxylic acids is 2. The third-order valence-corrected chi connectivity index (χ3v) is 2.11. The highest BCUT2D eigenvalue weighted by Crippen LogP contribution is 2.17. The molecule has 0 saturated carbocycles. The van der Waals surface area contributed by atoms with E-state index in [-0.39, 0.29) is 17.9 Å². The first-order chi connectivity index (χ1) is 5.66. The Kier molecular flexibility index (Phi) is 2.84. The first-order valence-corrected chi connectivity index (χ1v) is 4.29. The number of amides is 2. The first-order valence-electron chi connectivity index (χ1n) is 4.29. The van der Waals surface area contributed by atoms with Crippen LogP contribution in [0.4, 0.5) is 0 Å². The number of hydrogen-bond donors (Lipinski definition) is 0. The third-order valence-electron chi connectivity index (χ3n) is 2.11. The highest BCUT2D eigenvalue weighted by molar-refractivity contribution is 6.02. The molecular formula is C9H14NO2. The lowest BCUT2D eigenvalue weighted by Crippen LogP contribution is -2.37. The van der Waals surface area contributed by atoms with Gasteiger partial charge in [0.25, 0.3) is 0 Å². The summed E-state index contributed by atoms with van der Waals surface area (Å²) in [6, 6.07) is 0.0394. The van der Waals surface area contributed by atoms with E-state index in [1.807, 2.05) is 20.3 Å². The number of rotatable bonds is 3. The van der Waals surface area contributed by atoms with Crippen LogP contribution in [-0.4, -0.2) is 22.8 Å². The maximum absolute atomic E-state index is 11.2. The van der Waals surface area contributed by atoms with Crippen molar-refractivity contribution in [1.82, 2.24) is 4.90 Å². The van der Waals surface area contributed by atoms with E-state index in [9.17, 15) is 9.59 Å². The van der Waals surface area contributed by atoms with Gasteiger partial charge in [0.15, 0.2) is 0 Å². The lowest BCUT2D eigenvalue weighted by molar-refractivity contribution is -0.140. The van der Waals surface area contributed by atoms with Gasteiger partial charge < -0.3 is 0 Å². The van der Waals surface area contributed by atoms with Gasteiger partial charge in [0, 0.05) is 18.9 Å². The highest BCUT2D eigenvalue weighted by Gasteiger charge is 2.31. The molecule has 1 heterocycles. The minimum Gasteiger partial charge on any atom is -0.280 e. The first kappa shape index (κ1) is 9.23. The maximum atomic E-state index is 11.2. The van der Waals surface area contributed by atoms with E-state index in [4.69, 9.17) is 0 Å². The summed E-state index contributed by atoms with van der Waals surface area (Å²) in [5.41, 5.74) is 0. The van der Waals surface area contributed by atoms with Gasteiger partial charge in [0.1, 0.15) is 0 Å². The zero-order chi connectivity index (χ0) is 9.14. The van der Waals surface area contributed by atoms with E-state index >= 15 is 0 Å². The van der Waals surface area contributed by atoms with Gasteiger partial charge in [0.05, 0.1) is 0 Å². The maximum Gasteiger partial charge on any atom is 0.229 e. The second-order valence-corrected chi connectivity index (χ2v) is 3.15. The molecule has 1 fully saturated rings. The number of nitrogens with zero attached hydrogens (tertiary/aromatic N) is 1. The Balaban J connectivity index is 2.59. The van der Waals surface area contributed by atoms with Gasteiger partial charge in [-0.3, -0.25) is 14.5 Å². The van der Waals surface area contributed by atoms with Crippen molar-refractivity contribution in [2.24, 2.45) is 0 Å². The smallest absolute Gasteiger partial charge is 0.229 e. The molecule has 3 heteroatoms. The van der Waals surface area contributed by atoms with Gasteiger partial charge in [-0.25, -0.2) is 0 Å². The van der Waals surface area contributed by atoms with Crippen LogP contribution < -0.4 is 0 Å². The molecule has 3 nitrogen and oxygen atoms in total. The summed E-state index contributed by atoms with van der Waals surface area (Å²) in [7, 11) is 0. The molecular weight excluding hydrogens is 154 g/mol. The molecule has 1 radical (unpaired) electrons. The molecule has 1 atom stereocenters. The molecule has 1 unspecified atom stereocenters. The molecule has 0 N–H and O–H groups in total. The highest BCUT2D eigenvalue weighted by atomic mass is 16.2. The van der Waals surface area contributed by atoms with Crippen LogP contribution in [0.3, 0.4) is 0 Å². The number of imide groups is 1. The van der Waals surface area contributed by atoms with E-state index in [1.54, 1.807) is 0 Å². The standard InChI is InChI=1S/C9H14NO2/c1-3-4-7(2)10-8(11)5-6-9(10)12/h3,7H,4-6H2,1-2H3. The Morgan fingerprint density at radius 1 is 1.42 bits per heavy atom. The average Bonchev–Trinajstić information content (AvgIpc) is 2.32. The van der Waals surface area contributed by atoms with Crippen molar-refractivity contribution in [3.63, 3.8) is 0 Å². The topological polar surface area (TPSA) is 37.4 Å². The number of carbonyl (C=O) groups is 2. The van der Waals surface area contributed by atoms with Gasteiger partial charge in [0.2, 0.25) is 11.8 Å². The second kappa shape index (κ2) is 3.70. The summed E-state index contributed by atoms with van der Waals surface area (Å²) in [6.45, 7) is 3.84. The fourth-order valence-corrected chi connectivity index (χ4v) is 1.53. The van der Waals surface area contributed by atoms with Crippen molar-refractivity contribution in [1.29, 1.82) is 0 Å². The summed E-state index contributed by atoms with van der Waals surface area (Å²) in [5.74, 6) is -0.0382. The van der Waals surface area contributed by atoms with Crippen LogP contribution in [-0.2, 0) is 9.59 Å². The van der Waals surface area contributed by atoms with Crippen molar-refractivity contribution < 1.29 is 9.59 Å². The molecule has 0 aromatic heterocycles. The Labute approximate surface area is 72.7 Å². The Hall–Kier alpha value is -0.860. The van der Waals surface area contributed by atoms with Crippen LogP contribution in [0.2, 0.25) is 0 Å². The van der Waals surface area contributed by atoms with Crippen LogP contribution in [0.25, 0.3) is 0 Å². The largest absolute Gasteiger partial charge is 0.280 e. The van der Waals surface area contributed by atoms with Gasteiger partial charge in [-0.1, -0.05) is 6.92 Å². The lowest BCUT2D eigenvalue weighted by atomic mass is 10.2. The second-order valence-electron chi connectivity index (χ2n) is 3.15. The predicted molar refractivity (Wildman–Crippen MR) is 45.1 cm³/mol. The van der Waals surface area contributed by atoms with Gasteiger partial charge in [-0.15, -0.1) is 0 Å². The van der Waals surface area contributed by atoms with Gasteiger partial charge in [-0.05, 0) is 19.8 Å². The van der Waals surface area contributed by atoms with Crippen molar-refractivity contribution in [3.05, 3.63) is 6.42 Å². The Morgan fingerprint density at radius 3 is 2.33 bits per heavy atom. The third kappa shape index (κ3) is 1.65. The normalized spacial score (nSPS) is 20.3. The summed E-state index contributed by atoms with van der Waals surface area (Å²) in [6.07, 6.45) is 3.56. The molecule has 1 aliphatic rings. The molecule has 12 heavy (non-hydrogen) atoms. The lowest BCUT2D eigenvalue weighted by Gasteiger charge is -2.21. The summed E-state index contributed by atoms with van der Waals surface area (Å²) >= 11 is 0. The van der Waals surface area contributed by atoms with E-state index in [2.05, 4.69) is 0 Å². The van der Waals surface area contributed by atoms with Crippen LogP contribution in [0.5, 0.6) is 0 Å². The number of hydrogen-bond acceptors (Lipinski definition) is 2. The van der Waals surface area contributed by atoms with Crippen molar-refractivity contribution in [2.45, 2.75) is 39.2 Å². The van der Waals surface area contributed by atoms with Gasteiger partial charge >= 0.3 is 0 Å². The molecule has 0 aromatic carbocycles. The molecule has 0 bridgehead atoms. The van der Waals surface area contributed by atoms with Crippen LogP contribution in [0.1, 0.15) is 33.1 Å². The van der Waals surface area contributed by atoms with Crippen LogP contribution >= 0.6 is 0 Å². The SMILES string of the molecule is C[CH]CC(C)N1C(=O)CCC1=O. The minimum atomic E-state index is -0.0191. The molecule has 2 amide bonds. The fraction of sp³-hybridized carbons (Fsp3) is 0.667. The molecule has 1 rings (SSSR count). The minimum absolute atomic E-state index is 0.0191. The Morgan fingerprint density at radius 2 is 1.92 bits per heavy atom. The van der Waals surface area contributed by atoms with Crippen LogP contribution in [0, 0.1) is 6.42 Å². The number of likely N-dealkylation sites (tertiary alicyclic amines) is 1. The molecule has 0 spiro atoms. The van der Waals surface area contributed by atoms with E-state index in [0.29, 0.717) is 12.8 Å². The predicted octanol–water partition coefficient (Wildman–Crippen LogP) is 1.14. The zero-order valence-corrected chi connectivity index (χ0v) is 7.54. The van der Waals surface area contributed by atoms with E-state index in [0.717, 1.165) is 6.42 Å². The van der Waals surface area contributed by atoms with E-state index in [1.165, 1.54) is 4.90 Å². The zero-order valence-electron chi connectivity index (χ0n) is 7.54. The molecule has 0 aliphatic carbocycles.